The maximum atomic E-state index is 12.2. The number of rotatable bonds is 4. The molecule has 2 unspecified atom stereocenters. The number of piperidine rings is 1. The van der Waals surface area contributed by atoms with Gasteiger partial charge in [-0.15, -0.1) is 11.3 Å². The van der Waals surface area contributed by atoms with Gasteiger partial charge in [0, 0.05) is 18.2 Å². The van der Waals surface area contributed by atoms with Crippen LogP contribution in [0.4, 0.5) is 5.69 Å². The van der Waals surface area contributed by atoms with Crippen LogP contribution in [-0.2, 0) is 10.0 Å². The number of halogens is 1. The van der Waals surface area contributed by atoms with E-state index in [-0.39, 0.29) is 26.3 Å². The summed E-state index contributed by atoms with van der Waals surface area (Å²) in [5.74, 6) is 0. The SMILES string of the molecule is CC1CC(NS(=O)(=O)c2cc([N+](=O)[O-])c(Cl)s2)CCN1. The Morgan fingerprint density at radius 1 is 1.60 bits per heavy atom. The van der Waals surface area contributed by atoms with Gasteiger partial charge in [0.1, 0.15) is 4.21 Å². The molecule has 1 aromatic heterocycles. The van der Waals surface area contributed by atoms with Crippen LogP contribution in [0.25, 0.3) is 0 Å². The van der Waals surface area contributed by atoms with Crippen molar-refractivity contribution in [1.82, 2.24) is 10.0 Å². The Morgan fingerprint density at radius 2 is 2.30 bits per heavy atom. The lowest BCUT2D eigenvalue weighted by Crippen LogP contribution is -2.46. The summed E-state index contributed by atoms with van der Waals surface area (Å²) in [6.07, 6.45) is 1.37. The lowest BCUT2D eigenvalue weighted by molar-refractivity contribution is -0.384. The molecule has 0 radical (unpaired) electrons. The minimum Gasteiger partial charge on any atom is -0.314 e. The molecule has 2 heterocycles. The zero-order valence-corrected chi connectivity index (χ0v) is 13.0. The lowest BCUT2D eigenvalue weighted by atomic mass is 10.0. The number of hydrogen-bond donors (Lipinski definition) is 2. The van der Waals surface area contributed by atoms with Crippen LogP contribution < -0.4 is 10.0 Å². The van der Waals surface area contributed by atoms with E-state index >= 15 is 0 Å². The van der Waals surface area contributed by atoms with Gasteiger partial charge in [0.05, 0.1) is 4.92 Å². The van der Waals surface area contributed by atoms with Crippen LogP contribution in [0.15, 0.2) is 10.3 Å². The molecular formula is C10H14ClN3O4S2. The molecular weight excluding hydrogens is 326 g/mol. The largest absolute Gasteiger partial charge is 0.314 e. The third kappa shape index (κ3) is 3.47. The second kappa shape index (κ2) is 5.94. The Morgan fingerprint density at radius 3 is 2.85 bits per heavy atom. The number of nitrogens with one attached hydrogen (secondary N) is 2. The molecule has 1 aromatic rings. The number of thiophene rings is 1. The van der Waals surface area contributed by atoms with Gasteiger partial charge in [-0.1, -0.05) is 11.6 Å². The predicted octanol–water partition coefficient (Wildman–Crippen LogP) is 1.73. The molecule has 1 aliphatic heterocycles. The van der Waals surface area contributed by atoms with E-state index in [1.807, 2.05) is 6.92 Å². The summed E-state index contributed by atoms with van der Waals surface area (Å²) in [6.45, 7) is 2.72. The summed E-state index contributed by atoms with van der Waals surface area (Å²) in [7, 11) is -3.77. The van der Waals surface area contributed by atoms with Gasteiger partial charge in [0.15, 0.2) is 4.34 Å². The van der Waals surface area contributed by atoms with Crippen LogP contribution in [0.3, 0.4) is 0 Å². The Bertz CT molecular complexity index is 616. The maximum absolute atomic E-state index is 12.2. The van der Waals surface area contributed by atoms with Gasteiger partial charge in [-0.25, -0.2) is 13.1 Å². The van der Waals surface area contributed by atoms with Crippen molar-refractivity contribution < 1.29 is 13.3 Å². The molecule has 0 spiro atoms. The second-order valence-corrected chi connectivity index (χ2v) is 8.27. The van der Waals surface area contributed by atoms with E-state index in [0.29, 0.717) is 24.2 Å². The first-order valence-electron chi connectivity index (χ1n) is 5.99. The maximum Gasteiger partial charge on any atom is 0.300 e. The van der Waals surface area contributed by atoms with Crippen LogP contribution in [-0.4, -0.2) is 32.0 Å². The predicted molar refractivity (Wildman–Crippen MR) is 76.8 cm³/mol. The van der Waals surface area contributed by atoms with Gasteiger partial charge in [-0.3, -0.25) is 10.1 Å². The fourth-order valence-corrected chi connectivity index (χ4v) is 5.08. The van der Waals surface area contributed by atoms with Crippen molar-refractivity contribution in [2.24, 2.45) is 0 Å². The van der Waals surface area contributed by atoms with Gasteiger partial charge in [-0.2, -0.15) is 0 Å². The van der Waals surface area contributed by atoms with Crippen LogP contribution >= 0.6 is 22.9 Å². The fraction of sp³-hybridized carbons (Fsp3) is 0.600. The molecule has 1 saturated heterocycles. The molecule has 0 amide bonds. The lowest BCUT2D eigenvalue weighted by Gasteiger charge is -2.28. The summed E-state index contributed by atoms with van der Waals surface area (Å²) in [5.41, 5.74) is -0.379. The molecule has 1 fully saturated rings. The first kappa shape index (κ1) is 15.6. The molecule has 10 heteroatoms. The quantitative estimate of drug-likeness (QED) is 0.642. The molecule has 1 aliphatic rings. The van der Waals surface area contributed by atoms with Crippen molar-refractivity contribution >= 4 is 38.6 Å². The van der Waals surface area contributed by atoms with E-state index < -0.39 is 14.9 Å². The molecule has 0 aliphatic carbocycles. The minimum atomic E-state index is -3.77. The molecule has 0 bridgehead atoms. The van der Waals surface area contributed by atoms with Gasteiger partial charge in [-0.05, 0) is 26.3 Å². The first-order valence-corrected chi connectivity index (χ1v) is 8.67. The highest BCUT2D eigenvalue weighted by Gasteiger charge is 2.29. The molecule has 0 saturated carbocycles. The second-order valence-electron chi connectivity index (χ2n) is 4.68. The summed E-state index contributed by atoms with van der Waals surface area (Å²) >= 11 is 6.38. The molecule has 7 nitrogen and oxygen atoms in total. The fourth-order valence-electron chi connectivity index (χ4n) is 2.11. The van der Waals surface area contributed by atoms with Crippen molar-refractivity contribution in [3.8, 4) is 0 Å². The molecule has 20 heavy (non-hydrogen) atoms. The normalized spacial score (nSPS) is 23.7. The van der Waals surface area contributed by atoms with E-state index in [4.69, 9.17) is 11.6 Å². The summed E-state index contributed by atoms with van der Waals surface area (Å²) < 4.78 is 26.7. The molecule has 2 atom stereocenters. The van der Waals surface area contributed by atoms with E-state index in [0.717, 1.165) is 12.6 Å². The number of nitro groups is 1. The highest BCUT2D eigenvalue weighted by molar-refractivity contribution is 7.91. The van der Waals surface area contributed by atoms with Crippen molar-refractivity contribution in [1.29, 1.82) is 0 Å². The van der Waals surface area contributed by atoms with Crippen LogP contribution in [0, 0.1) is 10.1 Å². The number of sulfonamides is 1. The zero-order valence-electron chi connectivity index (χ0n) is 10.6. The number of hydrogen-bond acceptors (Lipinski definition) is 6. The van der Waals surface area contributed by atoms with E-state index in [1.54, 1.807) is 0 Å². The Labute approximate surface area is 125 Å². The molecule has 0 aromatic carbocycles. The monoisotopic (exact) mass is 339 g/mol. The highest BCUT2D eigenvalue weighted by Crippen LogP contribution is 2.36. The van der Waals surface area contributed by atoms with Crippen molar-refractivity contribution in [3.05, 3.63) is 20.5 Å². The van der Waals surface area contributed by atoms with Crippen LogP contribution in [0.1, 0.15) is 19.8 Å². The minimum absolute atomic E-state index is 0.125. The zero-order chi connectivity index (χ0) is 14.9. The number of nitrogens with zero attached hydrogens (tertiary/aromatic N) is 1. The Hall–Kier alpha value is -0.740. The third-order valence-electron chi connectivity index (χ3n) is 3.05. The van der Waals surface area contributed by atoms with Crippen molar-refractivity contribution in [2.75, 3.05) is 6.54 Å². The molecule has 2 rings (SSSR count). The van der Waals surface area contributed by atoms with Crippen LogP contribution in [0.5, 0.6) is 0 Å². The molecule has 2 N–H and O–H groups in total. The van der Waals surface area contributed by atoms with Gasteiger partial charge >= 0.3 is 0 Å². The Balaban J connectivity index is 2.18. The topological polar surface area (TPSA) is 101 Å². The van der Waals surface area contributed by atoms with E-state index in [2.05, 4.69) is 10.0 Å². The first-order chi connectivity index (χ1) is 9.29. The summed E-state index contributed by atoms with van der Waals surface area (Å²) in [5, 5.41) is 13.9. The Kier molecular flexibility index (Phi) is 4.65. The van der Waals surface area contributed by atoms with Gasteiger partial charge in [0.25, 0.3) is 15.7 Å². The average molecular weight is 340 g/mol. The summed E-state index contributed by atoms with van der Waals surface area (Å²) in [6, 6.07) is 1.06. The smallest absolute Gasteiger partial charge is 0.300 e. The van der Waals surface area contributed by atoms with Gasteiger partial charge < -0.3 is 5.32 Å². The van der Waals surface area contributed by atoms with Crippen LogP contribution in [0.2, 0.25) is 4.34 Å². The van der Waals surface area contributed by atoms with Crippen molar-refractivity contribution in [2.45, 2.75) is 36.1 Å². The summed E-state index contributed by atoms with van der Waals surface area (Å²) in [4.78, 5) is 10.0. The van der Waals surface area contributed by atoms with E-state index in [9.17, 15) is 18.5 Å². The molecule has 112 valence electrons. The van der Waals surface area contributed by atoms with Crippen molar-refractivity contribution in [3.63, 3.8) is 0 Å². The standard InChI is InChI=1S/C10H14ClN3O4S2/c1-6-4-7(2-3-12-6)13-20(17,18)9-5-8(14(15)16)10(11)19-9/h5-7,12-13H,2-4H2,1H3. The van der Waals surface area contributed by atoms with E-state index in [1.165, 1.54) is 0 Å². The highest BCUT2D eigenvalue weighted by atomic mass is 35.5. The average Bonchev–Trinajstić information content (AvgIpc) is 2.71. The third-order valence-corrected chi connectivity index (χ3v) is 6.39. The van der Waals surface area contributed by atoms with Gasteiger partial charge in [0.2, 0.25) is 0 Å².